The minimum atomic E-state index is -4.62. The molecule has 21 heavy (non-hydrogen) atoms. The van der Waals surface area contributed by atoms with Crippen LogP contribution in [0.1, 0.15) is 52.9 Å². The Balaban J connectivity index is 4.42. The minimum absolute atomic E-state index is 0.0536. The molecule has 0 radical (unpaired) electrons. The number of aliphatic hydroxyl groups excluding tert-OH is 1. The summed E-state index contributed by atoms with van der Waals surface area (Å²) in [5, 5.41) is 9.46. The molecule has 1 N–H and O–H groups in total. The lowest BCUT2D eigenvalue weighted by atomic mass is 9.89. The molecule has 0 saturated heterocycles. The lowest BCUT2D eigenvalue weighted by molar-refractivity contribution is -0.895. The summed E-state index contributed by atoms with van der Waals surface area (Å²) in [4.78, 5) is 0. The number of likely N-dealkylation sites (N-methyl/N-ethyl adjacent to an activating group) is 1. The quantitative estimate of drug-likeness (QED) is 0.467. The predicted molar refractivity (Wildman–Crippen MR) is 84.6 cm³/mol. The Bertz CT molecular complexity index is 381. The molecule has 6 heteroatoms. The molecule has 0 rings (SSSR count). The molecule has 0 spiro atoms. The molecule has 0 aromatic carbocycles. The van der Waals surface area contributed by atoms with Gasteiger partial charge in [-0.15, -0.1) is 0 Å². The standard InChI is InChI=1S/C15H33NO4S/c1-6-8-9-14(7-2)10-13(3)11-16(4,5)12-15(17)21(18,19)20/h13-15,17H,6-12H2,1-5H3. The lowest BCUT2D eigenvalue weighted by Gasteiger charge is -2.35. The van der Waals surface area contributed by atoms with Crippen LogP contribution in [0.4, 0.5) is 0 Å². The summed E-state index contributed by atoms with van der Waals surface area (Å²) in [5.41, 5.74) is -1.82. The number of unbranched alkanes of at least 4 members (excludes halogenated alkanes) is 1. The van der Waals surface area contributed by atoms with Crippen molar-refractivity contribution in [3.63, 3.8) is 0 Å². The highest BCUT2D eigenvalue weighted by Gasteiger charge is 2.27. The van der Waals surface area contributed by atoms with Gasteiger partial charge in [0.25, 0.3) is 0 Å². The fourth-order valence-electron chi connectivity index (χ4n) is 3.06. The average molecular weight is 323 g/mol. The number of nitrogens with zero attached hydrogens (tertiary/aromatic N) is 1. The van der Waals surface area contributed by atoms with Gasteiger partial charge in [-0.05, 0) is 12.3 Å². The van der Waals surface area contributed by atoms with Crippen molar-refractivity contribution < 1.29 is 22.6 Å². The Hall–Kier alpha value is -0.170. The first-order valence-corrected chi connectivity index (χ1v) is 9.43. The molecule has 0 aliphatic heterocycles. The molecular formula is C15H33NO4S. The van der Waals surface area contributed by atoms with Gasteiger partial charge < -0.3 is 14.1 Å². The first-order chi connectivity index (χ1) is 9.51. The Morgan fingerprint density at radius 3 is 2.19 bits per heavy atom. The molecule has 128 valence electrons. The fraction of sp³-hybridized carbons (Fsp3) is 1.00. The third-order valence-corrected chi connectivity index (χ3v) is 4.88. The zero-order chi connectivity index (χ0) is 16.7. The second-order valence-electron chi connectivity index (χ2n) is 7.01. The van der Waals surface area contributed by atoms with Crippen molar-refractivity contribution in [2.45, 2.75) is 58.3 Å². The molecular weight excluding hydrogens is 290 g/mol. The fourth-order valence-corrected chi connectivity index (χ4v) is 3.64. The maximum atomic E-state index is 10.8. The molecule has 0 heterocycles. The van der Waals surface area contributed by atoms with Gasteiger partial charge in [0.15, 0.2) is 5.44 Å². The largest absolute Gasteiger partial charge is 0.746 e. The number of quaternary nitrogens is 1. The highest BCUT2D eigenvalue weighted by atomic mass is 32.2. The third kappa shape index (κ3) is 9.45. The normalized spacial score (nSPS) is 17.5. The number of hydrogen-bond donors (Lipinski definition) is 1. The number of hydrogen-bond acceptors (Lipinski definition) is 4. The average Bonchev–Trinajstić information content (AvgIpc) is 2.31. The zero-order valence-electron chi connectivity index (χ0n) is 14.2. The van der Waals surface area contributed by atoms with E-state index < -0.39 is 15.6 Å². The summed E-state index contributed by atoms with van der Waals surface area (Å²) in [6.07, 6.45) is 5.96. The monoisotopic (exact) mass is 323 g/mol. The van der Waals surface area contributed by atoms with Crippen LogP contribution in [0.15, 0.2) is 0 Å². The lowest BCUT2D eigenvalue weighted by Crippen LogP contribution is -2.49. The predicted octanol–water partition coefficient (Wildman–Crippen LogP) is 2.17. The molecule has 3 atom stereocenters. The van der Waals surface area contributed by atoms with Gasteiger partial charge in [0.05, 0.1) is 20.6 Å². The van der Waals surface area contributed by atoms with Crippen LogP contribution in [0.2, 0.25) is 0 Å². The Morgan fingerprint density at radius 1 is 1.19 bits per heavy atom. The van der Waals surface area contributed by atoms with Crippen molar-refractivity contribution in [1.82, 2.24) is 0 Å². The van der Waals surface area contributed by atoms with E-state index in [0.29, 0.717) is 16.3 Å². The number of rotatable bonds is 11. The highest BCUT2D eigenvalue weighted by molar-refractivity contribution is 7.86. The van der Waals surface area contributed by atoms with E-state index in [2.05, 4.69) is 20.8 Å². The molecule has 0 aliphatic rings. The summed E-state index contributed by atoms with van der Waals surface area (Å²) in [7, 11) is -0.904. The van der Waals surface area contributed by atoms with E-state index in [0.717, 1.165) is 19.4 Å². The smallest absolute Gasteiger partial charge is 0.192 e. The Labute approximate surface area is 130 Å². The molecule has 0 saturated carbocycles. The maximum absolute atomic E-state index is 10.8. The van der Waals surface area contributed by atoms with Crippen LogP contribution < -0.4 is 0 Å². The van der Waals surface area contributed by atoms with Crippen LogP contribution in [0.3, 0.4) is 0 Å². The first-order valence-electron chi connectivity index (χ1n) is 7.96. The molecule has 0 aromatic rings. The third-order valence-electron chi connectivity index (χ3n) is 4.07. The molecule has 3 unspecified atom stereocenters. The van der Waals surface area contributed by atoms with Crippen LogP contribution in [0.25, 0.3) is 0 Å². The van der Waals surface area contributed by atoms with E-state index in [4.69, 9.17) is 0 Å². The summed E-state index contributed by atoms with van der Waals surface area (Å²) < 4.78 is 32.8. The van der Waals surface area contributed by atoms with Gasteiger partial charge in [0, 0.05) is 5.92 Å². The molecule has 0 aliphatic carbocycles. The van der Waals surface area contributed by atoms with E-state index in [-0.39, 0.29) is 6.54 Å². The van der Waals surface area contributed by atoms with Gasteiger partial charge in [0.1, 0.15) is 16.7 Å². The second-order valence-corrected chi connectivity index (χ2v) is 8.54. The SMILES string of the molecule is CCCCC(CC)CC(C)C[N+](C)(C)CC(O)S(=O)(=O)[O-]. The van der Waals surface area contributed by atoms with E-state index in [1.807, 2.05) is 14.1 Å². The molecule has 5 nitrogen and oxygen atoms in total. The van der Waals surface area contributed by atoms with Gasteiger partial charge in [0.2, 0.25) is 0 Å². The molecule has 0 bridgehead atoms. The molecule has 0 aromatic heterocycles. The summed E-state index contributed by atoms with van der Waals surface area (Å²) in [6, 6.07) is 0. The van der Waals surface area contributed by atoms with Crippen LogP contribution in [0.5, 0.6) is 0 Å². The van der Waals surface area contributed by atoms with E-state index in [1.165, 1.54) is 19.3 Å². The zero-order valence-corrected chi connectivity index (χ0v) is 15.0. The summed E-state index contributed by atoms with van der Waals surface area (Å²) in [6.45, 7) is 7.27. The van der Waals surface area contributed by atoms with E-state index in [1.54, 1.807) is 0 Å². The van der Waals surface area contributed by atoms with Crippen molar-refractivity contribution in [2.75, 3.05) is 27.2 Å². The van der Waals surface area contributed by atoms with Gasteiger partial charge in [-0.25, -0.2) is 8.42 Å². The molecule has 0 fully saturated rings. The number of aliphatic hydroxyl groups is 1. The van der Waals surface area contributed by atoms with E-state index >= 15 is 0 Å². The first kappa shape index (κ1) is 20.8. The van der Waals surface area contributed by atoms with Crippen molar-refractivity contribution in [3.8, 4) is 0 Å². The van der Waals surface area contributed by atoms with Gasteiger partial charge >= 0.3 is 0 Å². The van der Waals surface area contributed by atoms with Crippen LogP contribution >= 0.6 is 0 Å². The van der Waals surface area contributed by atoms with Crippen molar-refractivity contribution in [1.29, 1.82) is 0 Å². The minimum Gasteiger partial charge on any atom is -0.746 e. The van der Waals surface area contributed by atoms with Crippen molar-refractivity contribution >= 4 is 10.1 Å². The Kier molecular flexibility index (Phi) is 9.00. The van der Waals surface area contributed by atoms with Gasteiger partial charge in [-0.1, -0.05) is 46.5 Å². The highest BCUT2D eigenvalue weighted by Crippen LogP contribution is 2.23. The second kappa shape index (κ2) is 9.08. The van der Waals surface area contributed by atoms with Crippen LogP contribution in [0, 0.1) is 11.8 Å². The molecule has 0 amide bonds. The summed E-state index contributed by atoms with van der Waals surface area (Å²) >= 11 is 0. The topological polar surface area (TPSA) is 77.4 Å². The maximum Gasteiger partial charge on any atom is 0.192 e. The van der Waals surface area contributed by atoms with E-state index in [9.17, 15) is 18.1 Å². The van der Waals surface area contributed by atoms with Crippen molar-refractivity contribution in [3.05, 3.63) is 0 Å². The van der Waals surface area contributed by atoms with Crippen LogP contribution in [-0.4, -0.2) is 55.2 Å². The van der Waals surface area contributed by atoms with Gasteiger partial charge in [-0.3, -0.25) is 0 Å². The van der Waals surface area contributed by atoms with Crippen molar-refractivity contribution in [2.24, 2.45) is 11.8 Å². The van der Waals surface area contributed by atoms with Gasteiger partial charge in [-0.2, -0.15) is 0 Å². The Morgan fingerprint density at radius 2 is 1.76 bits per heavy atom. The van der Waals surface area contributed by atoms with Crippen LogP contribution in [-0.2, 0) is 10.1 Å². The summed E-state index contributed by atoms with van der Waals surface area (Å²) in [5.74, 6) is 1.14.